The van der Waals surface area contributed by atoms with Crippen LogP contribution in [0.3, 0.4) is 0 Å². The SMILES string of the molecule is C=CCC(NCCC)c1ccccc1Cl. The number of nitrogens with one attached hydrogen (secondary N) is 1. The molecule has 0 fully saturated rings. The molecule has 0 amide bonds. The molecule has 0 aromatic heterocycles. The summed E-state index contributed by atoms with van der Waals surface area (Å²) in [5.74, 6) is 0. The lowest BCUT2D eigenvalue weighted by molar-refractivity contribution is 0.537. The van der Waals surface area contributed by atoms with Crippen LogP contribution in [-0.2, 0) is 0 Å². The van der Waals surface area contributed by atoms with E-state index >= 15 is 0 Å². The van der Waals surface area contributed by atoms with Gasteiger partial charge in [0.15, 0.2) is 0 Å². The lowest BCUT2D eigenvalue weighted by Crippen LogP contribution is -2.21. The predicted octanol–water partition coefficient (Wildman–Crippen LogP) is 3.96. The third kappa shape index (κ3) is 3.69. The van der Waals surface area contributed by atoms with Crippen molar-refractivity contribution < 1.29 is 0 Å². The second kappa shape index (κ2) is 6.65. The zero-order valence-electron chi connectivity index (χ0n) is 9.17. The molecule has 0 saturated heterocycles. The van der Waals surface area contributed by atoms with Gasteiger partial charge in [-0.05, 0) is 31.0 Å². The molecule has 0 spiro atoms. The third-order valence-electron chi connectivity index (χ3n) is 2.32. The maximum Gasteiger partial charge on any atom is 0.0453 e. The van der Waals surface area contributed by atoms with E-state index in [2.05, 4.69) is 24.9 Å². The highest BCUT2D eigenvalue weighted by molar-refractivity contribution is 6.31. The fourth-order valence-corrected chi connectivity index (χ4v) is 1.83. The first kappa shape index (κ1) is 12.3. The van der Waals surface area contributed by atoms with E-state index in [0.29, 0.717) is 0 Å². The summed E-state index contributed by atoms with van der Waals surface area (Å²) >= 11 is 6.16. The topological polar surface area (TPSA) is 12.0 Å². The molecule has 1 aromatic carbocycles. The average molecular weight is 224 g/mol. The summed E-state index contributed by atoms with van der Waals surface area (Å²) in [6, 6.07) is 8.26. The van der Waals surface area contributed by atoms with Crippen molar-refractivity contribution in [3.63, 3.8) is 0 Å². The number of hydrogen-bond donors (Lipinski definition) is 1. The Labute approximate surface area is 97.1 Å². The number of rotatable bonds is 6. The van der Waals surface area contributed by atoms with Crippen LogP contribution in [0.5, 0.6) is 0 Å². The Morgan fingerprint density at radius 1 is 1.47 bits per heavy atom. The Morgan fingerprint density at radius 3 is 2.80 bits per heavy atom. The Bertz CT molecular complexity index is 309. The van der Waals surface area contributed by atoms with Gasteiger partial charge in [-0.25, -0.2) is 0 Å². The average Bonchev–Trinajstić information content (AvgIpc) is 2.25. The summed E-state index contributed by atoms with van der Waals surface area (Å²) < 4.78 is 0. The van der Waals surface area contributed by atoms with E-state index in [1.54, 1.807) is 0 Å². The summed E-state index contributed by atoms with van der Waals surface area (Å²) in [5.41, 5.74) is 1.16. The van der Waals surface area contributed by atoms with Gasteiger partial charge >= 0.3 is 0 Å². The van der Waals surface area contributed by atoms with Gasteiger partial charge in [-0.3, -0.25) is 0 Å². The first-order valence-corrected chi connectivity index (χ1v) is 5.76. The van der Waals surface area contributed by atoms with Crippen molar-refractivity contribution in [1.29, 1.82) is 0 Å². The summed E-state index contributed by atoms with van der Waals surface area (Å²) in [6.07, 6.45) is 3.96. The van der Waals surface area contributed by atoms with Crippen LogP contribution >= 0.6 is 11.6 Å². The van der Waals surface area contributed by atoms with Gasteiger partial charge in [0.25, 0.3) is 0 Å². The molecule has 82 valence electrons. The minimum Gasteiger partial charge on any atom is -0.310 e. The minimum absolute atomic E-state index is 0.288. The fraction of sp³-hybridized carbons (Fsp3) is 0.385. The molecule has 0 heterocycles. The normalized spacial score (nSPS) is 12.4. The second-order valence-electron chi connectivity index (χ2n) is 3.55. The van der Waals surface area contributed by atoms with Crippen LogP contribution in [-0.4, -0.2) is 6.54 Å². The second-order valence-corrected chi connectivity index (χ2v) is 3.96. The Balaban J connectivity index is 2.78. The van der Waals surface area contributed by atoms with Crippen molar-refractivity contribution in [2.45, 2.75) is 25.8 Å². The van der Waals surface area contributed by atoms with Gasteiger partial charge in [0.2, 0.25) is 0 Å². The molecule has 1 nitrogen and oxygen atoms in total. The number of hydrogen-bond acceptors (Lipinski definition) is 1. The monoisotopic (exact) mass is 223 g/mol. The van der Waals surface area contributed by atoms with Crippen molar-refractivity contribution >= 4 is 11.6 Å². The van der Waals surface area contributed by atoms with Crippen LogP contribution in [0.4, 0.5) is 0 Å². The molecule has 1 rings (SSSR count). The number of halogens is 1. The highest BCUT2D eigenvalue weighted by Crippen LogP contribution is 2.25. The molecule has 2 heteroatoms. The lowest BCUT2D eigenvalue weighted by atomic mass is 10.0. The Kier molecular flexibility index (Phi) is 5.44. The quantitative estimate of drug-likeness (QED) is 0.720. The van der Waals surface area contributed by atoms with E-state index in [0.717, 1.165) is 30.0 Å². The van der Waals surface area contributed by atoms with Crippen molar-refractivity contribution in [1.82, 2.24) is 5.32 Å². The van der Waals surface area contributed by atoms with Crippen molar-refractivity contribution in [2.24, 2.45) is 0 Å². The van der Waals surface area contributed by atoms with Gasteiger partial charge in [-0.15, -0.1) is 6.58 Å². The Hall–Kier alpha value is -0.790. The third-order valence-corrected chi connectivity index (χ3v) is 2.67. The molecule has 1 aromatic rings. The van der Waals surface area contributed by atoms with Gasteiger partial charge in [-0.1, -0.05) is 42.8 Å². The molecular formula is C13H18ClN. The van der Waals surface area contributed by atoms with Crippen LogP contribution < -0.4 is 5.32 Å². The highest BCUT2D eigenvalue weighted by Gasteiger charge is 2.11. The lowest BCUT2D eigenvalue weighted by Gasteiger charge is -2.18. The Morgan fingerprint density at radius 2 is 2.20 bits per heavy atom. The number of benzene rings is 1. The van der Waals surface area contributed by atoms with Crippen LogP contribution in [0.25, 0.3) is 0 Å². The largest absolute Gasteiger partial charge is 0.310 e. The molecule has 1 unspecified atom stereocenters. The zero-order chi connectivity index (χ0) is 11.1. The summed E-state index contributed by atoms with van der Waals surface area (Å²) in [7, 11) is 0. The minimum atomic E-state index is 0.288. The fourth-order valence-electron chi connectivity index (χ4n) is 1.56. The molecule has 0 bridgehead atoms. The molecule has 0 saturated carbocycles. The van der Waals surface area contributed by atoms with Crippen molar-refractivity contribution in [3.8, 4) is 0 Å². The molecule has 1 atom stereocenters. The standard InChI is InChI=1S/C13H18ClN/c1-3-7-13(15-10-4-2)11-8-5-6-9-12(11)14/h3,5-6,8-9,13,15H,1,4,7,10H2,2H3. The molecule has 0 aliphatic heterocycles. The van der Waals surface area contributed by atoms with Crippen molar-refractivity contribution in [2.75, 3.05) is 6.54 Å². The maximum atomic E-state index is 6.16. The maximum absolute atomic E-state index is 6.16. The van der Waals surface area contributed by atoms with Gasteiger partial charge in [0, 0.05) is 11.1 Å². The van der Waals surface area contributed by atoms with E-state index in [1.165, 1.54) is 0 Å². The van der Waals surface area contributed by atoms with Crippen molar-refractivity contribution in [3.05, 3.63) is 47.5 Å². The summed E-state index contributed by atoms with van der Waals surface area (Å²) in [4.78, 5) is 0. The van der Waals surface area contributed by atoms with Crippen LogP contribution in [0.2, 0.25) is 5.02 Å². The van der Waals surface area contributed by atoms with E-state index in [1.807, 2.05) is 24.3 Å². The first-order valence-electron chi connectivity index (χ1n) is 5.38. The smallest absolute Gasteiger partial charge is 0.0453 e. The predicted molar refractivity (Wildman–Crippen MR) is 67.3 cm³/mol. The van der Waals surface area contributed by atoms with Gasteiger partial charge in [0.1, 0.15) is 0 Å². The van der Waals surface area contributed by atoms with Gasteiger partial charge < -0.3 is 5.32 Å². The summed E-state index contributed by atoms with van der Waals surface area (Å²) in [5, 5.41) is 4.30. The molecular weight excluding hydrogens is 206 g/mol. The van der Waals surface area contributed by atoms with Crippen LogP contribution in [0.15, 0.2) is 36.9 Å². The molecule has 0 radical (unpaired) electrons. The van der Waals surface area contributed by atoms with Gasteiger partial charge in [0.05, 0.1) is 0 Å². The highest BCUT2D eigenvalue weighted by atomic mass is 35.5. The van der Waals surface area contributed by atoms with E-state index < -0.39 is 0 Å². The molecule has 1 N–H and O–H groups in total. The van der Waals surface area contributed by atoms with E-state index in [9.17, 15) is 0 Å². The molecule has 15 heavy (non-hydrogen) atoms. The molecule has 0 aliphatic carbocycles. The first-order chi connectivity index (χ1) is 7.29. The van der Waals surface area contributed by atoms with Crippen LogP contribution in [0, 0.1) is 0 Å². The van der Waals surface area contributed by atoms with Gasteiger partial charge in [-0.2, -0.15) is 0 Å². The van der Waals surface area contributed by atoms with E-state index in [-0.39, 0.29) is 6.04 Å². The van der Waals surface area contributed by atoms with E-state index in [4.69, 9.17) is 11.6 Å². The molecule has 0 aliphatic rings. The summed E-state index contributed by atoms with van der Waals surface area (Å²) in [6.45, 7) is 6.94. The zero-order valence-corrected chi connectivity index (χ0v) is 9.93. The van der Waals surface area contributed by atoms with Crippen LogP contribution in [0.1, 0.15) is 31.4 Å².